The highest BCUT2D eigenvalue weighted by molar-refractivity contribution is 6.29. The molecule has 3 heterocycles. The number of nitrogens with one attached hydrogen (secondary N) is 2. The second-order valence-corrected chi connectivity index (χ2v) is 5.32. The molecule has 0 bridgehead atoms. The van der Waals surface area contributed by atoms with E-state index in [4.69, 9.17) is 11.6 Å². The van der Waals surface area contributed by atoms with Crippen molar-refractivity contribution in [2.24, 2.45) is 0 Å². The van der Waals surface area contributed by atoms with Crippen LogP contribution in [0, 0.1) is 0 Å². The molecule has 0 atom stereocenters. The summed E-state index contributed by atoms with van der Waals surface area (Å²) in [4.78, 5) is 8.63. The highest BCUT2D eigenvalue weighted by atomic mass is 35.5. The van der Waals surface area contributed by atoms with E-state index >= 15 is 0 Å². The zero-order valence-electron chi connectivity index (χ0n) is 11.7. The molecule has 108 valence electrons. The van der Waals surface area contributed by atoms with Crippen molar-refractivity contribution >= 4 is 34.4 Å². The maximum atomic E-state index is 6.00. The lowest BCUT2D eigenvalue weighted by Crippen LogP contribution is -2.09. The Morgan fingerprint density at radius 1 is 1.24 bits per heavy atom. The second kappa shape index (κ2) is 5.57. The van der Waals surface area contributed by atoms with Gasteiger partial charge >= 0.3 is 0 Å². The standard InChI is InChI=1S/C14H15ClN6/c1-9(2)18-10-3-4-13(17-8-10)19-11-7-12(15)20-21-6-5-16-14(11)21/h3-9,18H,1-2H3,(H,17,19). The van der Waals surface area contributed by atoms with Gasteiger partial charge in [-0.3, -0.25) is 0 Å². The van der Waals surface area contributed by atoms with Crippen LogP contribution in [0.25, 0.3) is 5.65 Å². The SMILES string of the molecule is CC(C)Nc1ccc(Nc2cc(Cl)nn3ccnc23)nc1. The van der Waals surface area contributed by atoms with Crippen LogP contribution in [0.15, 0.2) is 36.8 Å². The third-order valence-corrected chi connectivity index (χ3v) is 3.00. The quantitative estimate of drug-likeness (QED) is 0.773. The van der Waals surface area contributed by atoms with E-state index in [1.807, 2.05) is 12.1 Å². The molecule has 0 unspecified atom stereocenters. The van der Waals surface area contributed by atoms with Crippen LogP contribution in [0.1, 0.15) is 13.8 Å². The smallest absolute Gasteiger partial charge is 0.177 e. The summed E-state index contributed by atoms with van der Waals surface area (Å²) in [5.74, 6) is 0.719. The molecule has 6 nitrogen and oxygen atoms in total. The zero-order chi connectivity index (χ0) is 14.8. The van der Waals surface area contributed by atoms with E-state index < -0.39 is 0 Å². The summed E-state index contributed by atoms with van der Waals surface area (Å²) in [6.45, 7) is 4.17. The molecule has 7 heteroatoms. The molecule has 0 aromatic carbocycles. The Hall–Kier alpha value is -2.34. The van der Waals surface area contributed by atoms with Crippen LogP contribution in [0.4, 0.5) is 17.2 Å². The summed E-state index contributed by atoms with van der Waals surface area (Å²) in [6, 6.07) is 5.97. The van der Waals surface area contributed by atoms with Gasteiger partial charge in [0.15, 0.2) is 10.8 Å². The molecule has 0 saturated heterocycles. The molecule has 21 heavy (non-hydrogen) atoms. The molecule has 0 amide bonds. The first-order chi connectivity index (χ1) is 10.1. The first-order valence-electron chi connectivity index (χ1n) is 6.61. The lowest BCUT2D eigenvalue weighted by Gasteiger charge is -2.11. The third-order valence-electron chi connectivity index (χ3n) is 2.81. The summed E-state index contributed by atoms with van der Waals surface area (Å²) in [6.07, 6.45) is 5.20. The molecular formula is C14H15ClN6. The minimum Gasteiger partial charge on any atom is -0.382 e. The van der Waals surface area contributed by atoms with E-state index in [9.17, 15) is 0 Å². The molecule has 0 spiro atoms. The average molecular weight is 303 g/mol. The minimum atomic E-state index is 0.370. The lowest BCUT2D eigenvalue weighted by molar-refractivity contribution is 0.898. The number of imidazole rings is 1. The molecule has 3 aromatic heterocycles. The Balaban J connectivity index is 1.86. The van der Waals surface area contributed by atoms with Crippen LogP contribution < -0.4 is 10.6 Å². The van der Waals surface area contributed by atoms with Gasteiger partial charge in [0.2, 0.25) is 0 Å². The van der Waals surface area contributed by atoms with Crippen LogP contribution in [-0.4, -0.2) is 25.6 Å². The van der Waals surface area contributed by atoms with Crippen molar-refractivity contribution in [3.63, 3.8) is 0 Å². The highest BCUT2D eigenvalue weighted by Gasteiger charge is 2.07. The Morgan fingerprint density at radius 2 is 2.10 bits per heavy atom. The molecule has 0 saturated carbocycles. The fourth-order valence-electron chi connectivity index (χ4n) is 2.00. The molecule has 3 aromatic rings. The lowest BCUT2D eigenvalue weighted by atomic mass is 10.3. The van der Waals surface area contributed by atoms with Crippen molar-refractivity contribution in [3.05, 3.63) is 41.9 Å². The summed E-state index contributed by atoms with van der Waals surface area (Å²) < 4.78 is 1.62. The number of halogens is 1. The van der Waals surface area contributed by atoms with Gasteiger partial charge in [-0.1, -0.05) is 11.6 Å². The normalized spacial score (nSPS) is 11.0. The first kappa shape index (κ1) is 13.6. The number of aromatic nitrogens is 4. The van der Waals surface area contributed by atoms with Gasteiger partial charge in [0.05, 0.1) is 17.6 Å². The van der Waals surface area contributed by atoms with Crippen molar-refractivity contribution in [2.75, 3.05) is 10.6 Å². The van der Waals surface area contributed by atoms with E-state index in [1.165, 1.54) is 0 Å². The zero-order valence-corrected chi connectivity index (χ0v) is 12.5. The van der Waals surface area contributed by atoms with Gasteiger partial charge in [-0.15, -0.1) is 0 Å². The second-order valence-electron chi connectivity index (χ2n) is 4.93. The van der Waals surface area contributed by atoms with Crippen LogP contribution in [-0.2, 0) is 0 Å². The third kappa shape index (κ3) is 3.05. The van der Waals surface area contributed by atoms with Gasteiger partial charge in [-0.2, -0.15) is 5.10 Å². The van der Waals surface area contributed by atoms with Gasteiger partial charge in [-0.25, -0.2) is 14.5 Å². The van der Waals surface area contributed by atoms with E-state index in [0.717, 1.165) is 17.2 Å². The van der Waals surface area contributed by atoms with Crippen LogP contribution in [0.5, 0.6) is 0 Å². The largest absolute Gasteiger partial charge is 0.382 e. The molecule has 0 radical (unpaired) electrons. The number of pyridine rings is 1. The number of hydrogen-bond donors (Lipinski definition) is 2. The number of anilines is 3. The van der Waals surface area contributed by atoms with Gasteiger partial charge < -0.3 is 10.6 Å². The monoisotopic (exact) mass is 302 g/mol. The van der Waals surface area contributed by atoms with Crippen LogP contribution >= 0.6 is 11.6 Å². The Bertz CT molecular complexity index is 750. The molecule has 0 fully saturated rings. The Kier molecular flexibility index (Phi) is 3.62. The molecule has 0 aliphatic carbocycles. The summed E-state index contributed by atoms with van der Waals surface area (Å²) in [5.41, 5.74) is 2.44. The first-order valence-corrected chi connectivity index (χ1v) is 6.99. The minimum absolute atomic E-state index is 0.370. The van der Waals surface area contributed by atoms with Crippen molar-refractivity contribution < 1.29 is 0 Å². The topological polar surface area (TPSA) is 67.1 Å². The number of hydrogen-bond acceptors (Lipinski definition) is 5. The van der Waals surface area contributed by atoms with Gasteiger partial charge in [0.1, 0.15) is 5.82 Å². The Labute approximate surface area is 127 Å². The highest BCUT2D eigenvalue weighted by Crippen LogP contribution is 2.22. The molecule has 2 N–H and O–H groups in total. The van der Waals surface area contributed by atoms with E-state index in [-0.39, 0.29) is 0 Å². The van der Waals surface area contributed by atoms with Gasteiger partial charge in [-0.05, 0) is 26.0 Å². The average Bonchev–Trinajstić information content (AvgIpc) is 2.88. The molecule has 0 aliphatic rings. The predicted octanol–water partition coefficient (Wildman–Crippen LogP) is 3.34. The summed E-state index contributed by atoms with van der Waals surface area (Å²) in [5, 5.41) is 11.0. The fraction of sp³-hybridized carbons (Fsp3) is 0.214. The van der Waals surface area contributed by atoms with E-state index in [2.05, 4.69) is 39.5 Å². The predicted molar refractivity (Wildman–Crippen MR) is 84.3 cm³/mol. The van der Waals surface area contributed by atoms with E-state index in [1.54, 1.807) is 29.2 Å². The maximum Gasteiger partial charge on any atom is 0.177 e. The van der Waals surface area contributed by atoms with Crippen molar-refractivity contribution in [2.45, 2.75) is 19.9 Å². The van der Waals surface area contributed by atoms with Crippen LogP contribution in [0.3, 0.4) is 0 Å². The molecular weight excluding hydrogens is 288 g/mol. The van der Waals surface area contributed by atoms with Gasteiger partial charge in [0.25, 0.3) is 0 Å². The van der Waals surface area contributed by atoms with Crippen molar-refractivity contribution in [3.8, 4) is 0 Å². The fourth-order valence-corrected chi connectivity index (χ4v) is 2.19. The number of fused-ring (bicyclic) bond motifs is 1. The van der Waals surface area contributed by atoms with Crippen molar-refractivity contribution in [1.29, 1.82) is 0 Å². The number of nitrogens with zero attached hydrogens (tertiary/aromatic N) is 4. The Morgan fingerprint density at radius 3 is 2.81 bits per heavy atom. The van der Waals surface area contributed by atoms with Gasteiger partial charge in [0, 0.05) is 24.5 Å². The summed E-state index contributed by atoms with van der Waals surface area (Å²) >= 11 is 6.00. The van der Waals surface area contributed by atoms with Crippen molar-refractivity contribution in [1.82, 2.24) is 19.6 Å². The summed E-state index contributed by atoms with van der Waals surface area (Å²) in [7, 11) is 0. The van der Waals surface area contributed by atoms with E-state index in [0.29, 0.717) is 16.8 Å². The molecule has 0 aliphatic heterocycles. The molecule has 3 rings (SSSR count). The van der Waals surface area contributed by atoms with Crippen LogP contribution in [0.2, 0.25) is 5.15 Å². The number of rotatable bonds is 4. The maximum absolute atomic E-state index is 6.00.